The van der Waals surface area contributed by atoms with Crippen LogP contribution in [0.5, 0.6) is 0 Å². The molecule has 0 aromatic carbocycles. The van der Waals surface area contributed by atoms with Gasteiger partial charge in [-0.2, -0.15) is 0 Å². The molecule has 3 heteroatoms. The zero-order chi connectivity index (χ0) is 12.1. The van der Waals surface area contributed by atoms with E-state index in [0.29, 0.717) is 12.6 Å². The van der Waals surface area contributed by atoms with Crippen molar-refractivity contribution in [3.8, 4) is 0 Å². The van der Waals surface area contributed by atoms with Gasteiger partial charge in [0, 0.05) is 12.6 Å². The first-order valence-electron chi connectivity index (χ1n) is 6.86. The Balaban J connectivity index is 2.09. The third-order valence-electron chi connectivity index (χ3n) is 3.90. The maximum atomic E-state index is 5.95. The van der Waals surface area contributed by atoms with Crippen molar-refractivity contribution in [1.82, 2.24) is 4.90 Å². The summed E-state index contributed by atoms with van der Waals surface area (Å²) in [5.41, 5.74) is 5.95. The highest BCUT2D eigenvalue weighted by Crippen LogP contribution is 2.29. The van der Waals surface area contributed by atoms with Crippen LogP contribution in [0.2, 0.25) is 0 Å². The Morgan fingerprint density at radius 3 is 2.71 bits per heavy atom. The van der Waals surface area contributed by atoms with Crippen LogP contribution in [0.4, 0.5) is 0 Å². The molecule has 96 valence electrons. The van der Waals surface area contributed by atoms with Gasteiger partial charge in [-0.25, -0.2) is 0 Å². The van der Waals surface area contributed by atoms with Crippen molar-refractivity contribution < 1.29 is 4.42 Å². The van der Waals surface area contributed by atoms with Crippen LogP contribution in [-0.4, -0.2) is 24.0 Å². The predicted octanol–water partition coefficient (Wildman–Crippen LogP) is 2.93. The lowest BCUT2D eigenvalue weighted by molar-refractivity contribution is 0.101. The molecule has 17 heavy (non-hydrogen) atoms. The zero-order valence-electron chi connectivity index (χ0n) is 10.8. The molecule has 0 radical (unpaired) electrons. The molecule has 3 nitrogen and oxygen atoms in total. The molecule has 1 saturated carbocycles. The Morgan fingerprint density at radius 2 is 2.18 bits per heavy atom. The summed E-state index contributed by atoms with van der Waals surface area (Å²) in [6, 6.07) is 4.93. The molecule has 0 aliphatic heterocycles. The number of rotatable bonds is 5. The Hall–Kier alpha value is -0.800. The molecule has 1 atom stereocenters. The topological polar surface area (TPSA) is 42.4 Å². The van der Waals surface area contributed by atoms with E-state index in [1.54, 1.807) is 6.26 Å². The normalized spacial score (nSPS) is 19.7. The largest absolute Gasteiger partial charge is 0.468 e. The van der Waals surface area contributed by atoms with Gasteiger partial charge >= 0.3 is 0 Å². The highest BCUT2D eigenvalue weighted by Gasteiger charge is 2.27. The molecule has 1 aliphatic rings. The number of nitrogens with zero attached hydrogens (tertiary/aromatic N) is 1. The minimum Gasteiger partial charge on any atom is -0.468 e. The van der Waals surface area contributed by atoms with Crippen molar-refractivity contribution >= 4 is 0 Å². The average Bonchev–Trinajstić information content (AvgIpc) is 2.90. The van der Waals surface area contributed by atoms with Crippen LogP contribution in [0, 0.1) is 0 Å². The van der Waals surface area contributed by atoms with Gasteiger partial charge in [-0.05, 0) is 31.5 Å². The first kappa shape index (κ1) is 12.7. The number of likely N-dealkylation sites (N-methyl/N-ethyl adjacent to an activating group) is 1. The van der Waals surface area contributed by atoms with Gasteiger partial charge in [-0.15, -0.1) is 0 Å². The molecular weight excluding hydrogens is 212 g/mol. The Labute approximate surface area is 104 Å². The van der Waals surface area contributed by atoms with Crippen LogP contribution in [0.1, 0.15) is 50.8 Å². The second-order valence-corrected chi connectivity index (χ2v) is 4.89. The Kier molecular flexibility index (Phi) is 4.63. The van der Waals surface area contributed by atoms with Crippen molar-refractivity contribution in [3.05, 3.63) is 24.2 Å². The average molecular weight is 236 g/mol. The number of hydrogen-bond donors (Lipinski definition) is 1. The molecule has 0 saturated heterocycles. The van der Waals surface area contributed by atoms with E-state index in [-0.39, 0.29) is 6.04 Å². The lowest BCUT2D eigenvalue weighted by atomic mass is 9.93. The fourth-order valence-electron chi connectivity index (χ4n) is 3.04. The maximum Gasteiger partial charge on any atom is 0.122 e. The highest BCUT2D eigenvalue weighted by atomic mass is 16.3. The van der Waals surface area contributed by atoms with E-state index in [2.05, 4.69) is 11.8 Å². The summed E-state index contributed by atoms with van der Waals surface area (Å²) in [4.78, 5) is 2.53. The molecule has 1 aliphatic carbocycles. The van der Waals surface area contributed by atoms with Crippen LogP contribution >= 0.6 is 0 Å². The van der Waals surface area contributed by atoms with Crippen molar-refractivity contribution in [2.75, 3.05) is 13.1 Å². The van der Waals surface area contributed by atoms with Crippen LogP contribution < -0.4 is 5.73 Å². The lowest BCUT2D eigenvalue weighted by Gasteiger charge is -2.38. The standard InChI is InChI=1S/C14H24N2O/c1-2-16(12-7-4-3-5-8-12)13(11-15)14-9-6-10-17-14/h6,9-10,12-13H,2-5,7-8,11,15H2,1H3. The van der Waals surface area contributed by atoms with Gasteiger partial charge in [0.25, 0.3) is 0 Å². The van der Waals surface area contributed by atoms with Crippen molar-refractivity contribution in [1.29, 1.82) is 0 Å². The Bertz CT molecular complexity index is 304. The van der Waals surface area contributed by atoms with E-state index in [4.69, 9.17) is 10.2 Å². The van der Waals surface area contributed by atoms with Gasteiger partial charge in [-0.1, -0.05) is 26.2 Å². The third kappa shape index (κ3) is 2.90. The summed E-state index contributed by atoms with van der Waals surface area (Å²) >= 11 is 0. The molecule has 0 amide bonds. The van der Waals surface area contributed by atoms with Gasteiger partial charge in [0.2, 0.25) is 0 Å². The van der Waals surface area contributed by atoms with E-state index >= 15 is 0 Å². The molecular formula is C14H24N2O. The van der Waals surface area contributed by atoms with Crippen LogP contribution in [0.15, 0.2) is 22.8 Å². The summed E-state index contributed by atoms with van der Waals surface area (Å²) in [6.45, 7) is 3.91. The highest BCUT2D eigenvalue weighted by molar-refractivity contribution is 5.06. The van der Waals surface area contributed by atoms with E-state index in [1.807, 2.05) is 12.1 Å². The summed E-state index contributed by atoms with van der Waals surface area (Å²) in [5, 5.41) is 0. The number of hydrogen-bond acceptors (Lipinski definition) is 3. The zero-order valence-corrected chi connectivity index (χ0v) is 10.8. The predicted molar refractivity (Wildman–Crippen MR) is 69.8 cm³/mol. The first-order chi connectivity index (χ1) is 8.36. The molecule has 0 bridgehead atoms. The van der Waals surface area contributed by atoms with Crippen LogP contribution in [-0.2, 0) is 0 Å². The van der Waals surface area contributed by atoms with Crippen LogP contribution in [0.25, 0.3) is 0 Å². The molecule has 1 unspecified atom stereocenters. The third-order valence-corrected chi connectivity index (χ3v) is 3.90. The summed E-state index contributed by atoms with van der Waals surface area (Å²) in [7, 11) is 0. The molecule has 1 fully saturated rings. The van der Waals surface area contributed by atoms with E-state index in [0.717, 1.165) is 12.3 Å². The second kappa shape index (κ2) is 6.22. The molecule has 1 heterocycles. The molecule has 1 aromatic heterocycles. The van der Waals surface area contributed by atoms with Crippen LogP contribution in [0.3, 0.4) is 0 Å². The van der Waals surface area contributed by atoms with Gasteiger partial charge in [0.05, 0.1) is 12.3 Å². The quantitative estimate of drug-likeness (QED) is 0.854. The van der Waals surface area contributed by atoms with Gasteiger partial charge < -0.3 is 10.2 Å². The number of nitrogens with two attached hydrogens (primary N) is 1. The van der Waals surface area contributed by atoms with E-state index < -0.39 is 0 Å². The summed E-state index contributed by atoms with van der Waals surface area (Å²) in [5.74, 6) is 1.01. The van der Waals surface area contributed by atoms with Crippen molar-refractivity contribution in [2.24, 2.45) is 5.73 Å². The fraction of sp³-hybridized carbons (Fsp3) is 0.714. The minimum absolute atomic E-state index is 0.248. The number of furan rings is 1. The second-order valence-electron chi connectivity index (χ2n) is 4.89. The van der Waals surface area contributed by atoms with Gasteiger partial charge in [0.15, 0.2) is 0 Å². The SMILES string of the molecule is CCN(C1CCCCC1)C(CN)c1ccco1. The molecule has 1 aromatic rings. The minimum atomic E-state index is 0.248. The fourth-order valence-corrected chi connectivity index (χ4v) is 3.04. The molecule has 2 N–H and O–H groups in total. The van der Waals surface area contributed by atoms with Crippen molar-refractivity contribution in [3.63, 3.8) is 0 Å². The summed E-state index contributed by atoms with van der Waals surface area (Å²) in [6.07, 6.45) is 8.47. The van der Waals surface area contributed by atoms with E-state index in [9.17, 15) is 0 Å². The molecule has 2 rings (SSSR count). The molecule has 0 spiro atoms. The first-order valence-corrected chi connectivity index (χ1v) is 6.86. The monoisotopic (exact) mass is 236 g/mol. The smallest absolute Gasteiger partial charge is 0.122 e. The van der Waals surface area contributed by atoms with E-state index in [1.165, 1.54) is 32.1 Å². The van der Waals surface area contributed by atoms with Crippen molar-refractivity contribution in [2.45, 2.75) is 51.1 Å². The van der Waals surface area contributed by atoms with Gasteiger partial charge in [0.1, 0.15) is 5.76 Å². The maximum absolute atomic E-state index is 5.95. The Morgan fingerprint density at radius 1 is 1.41 bits per heavy atom. The lowest BCUT2D eigenvalue weighted by Crippen LogP contribution is -2.42. The summed E-state index contributed by atoms with van der Waals surface area (Å²) < 4.78 is 5.54. The van der Waals surface area contributed by atoms with Gasteiger partial charge in [-0.3, -0.25) is 4.90 Å².